The molecular formula is C24H28N4O3. The van der Waals surface area contributed by atoms with Gasteiger partial charge in [0.1, 0.15) is 23.4 Å². The van der Waals surface area contributed by atoms with Gasteiger partial charge in [-0.05, 0) is 63.3 Å². The van der Waals surface area contributed by atoms with Gasteiger partial charge in [-0.15, -0.1) is 0 Å². The molecule has 1 aromatic carbocycles. The van der Waals surface area contributed by atoms with Crippen LogP contribution in [0.3, 0.4) is 0 Å². The van der Waals surface area contributed by atoms with Gasteiger partial charge >= 0.3 is 0 Å². The van der Waals surface area contributed by atoms with E-state index in [9.17, 15) is 9.90 Å². The standard InChI is InChI=1S/C24H28N4O3/c1-27(2)13-11-25-24(30)20-8-5-12-28(20)23-16-17(22-10-6-14-31-22)15-19(26-23)18-7-3-4-9-21(18)29/h3-4,6-7,9-10,14-16,20,29H,5,8,11-13H2,1-2H3,(H,25,30)/t20-/m0/s1. The maximum atomic E-state index is 12.9. The number of amides is 1. The molecule has 7 nitrogen and oxygen atoms in total. The number of carbonyl (C=O) groups excluding carboxylic acids is 1. The first kappa shape index (κ1) is 20.9. The predicted octanol–water partition coefficient (Wildman–Crippen LogP) is 3.36. The fourth-order valence-corrected chi connectivity index (χ4v) is 3.91. The zero-order valence-electron chi connectivity index (χ0n) is 17.9. The van der Waals surface area contributed by atoms with Crippen LogP contribution in [-0.2, 0) is 4.79 Å². The molecule has 3 aromatic rings. The van der Waals surface area contributed by atoms with Crippen LogP contribution < -0.4 is 10.2 Å². The Balaban J connectivity index is 1.68. The Morgan fingerprint density at radius 3 is 2.84 bits per heavy atom. The number of carbonyl (C=O) groups is 1. The molecule has 1 atom stereocenters. The molecule has 1 amide bonds. The molecule has 162 valence electrons. The quantitative estimate of drug-likeness (QED) is 0.610. The second-order valence-electron chi connectivity index (χ2n) is 8.04. The van der Waals surface area contributed by atoms with Crippen LogP contribution in [0.15, 0.2) is 59.2 Å². The number of hydrogen-bond acceptors (Lipinski definition) is 6. The first-order valence-electron chi connectivity index (χ1n) is 10.6. The maximum absolute atomic E-state index is 12.9. The molecule has 2 N–H and O–H groups in total. The Hall–Kier alpha value is -3.32. The number of aromatic hydroxyl groups is 1. The van der Waals surface area contributed by atoms with Gasteiger partial charge in [-0.25, -0.2) is 4.98 Å². The number of likely N-dealkylation sites (N-methyl/N-ethyl adjacent to an activating group) is 1. The third-order valence-corrected chi connectivity index (χ3v) is 5.51. The van der Waals surface area contributed by atoms with Crippen molar-refractivity contribution in [2.45, 2.75) is 18.9 Å². The van der Waals surface area contributed by atoms with Crippen molar-refractivity contribution in [1.29, 1.82) is 0 Å². The average molecular weight is 421 g/mol. The number of phenols is 1. The van der Waals surface area contributed by atoms with E-state index in [0.29, 0.717) is 29.4 Å². The molecule has 0 bridgehead atoms. The second-order valence-corrected chi connectivity index (χ2v) is 8.04. The SMILES string of the molecule is CN(C)CCNC(=O)[C@@H]1CCCN1c1cc(-c2ccco2)cc(-c2ccccc2O)n1. The zero-order chi connectivity index (χ0) is 21.8. The summed E-state index contributed by atoms with van der Waals surface area (Å²) in [6.45, 7) is 2.15. The lowest BCUT2D eigenvalue weighted by molar-refractivity contribution is -0.122. The minimum atomic E-state index is -0.265. The van der Waals surface area contributed by atoms with Crippen LogP contribution in [0.25, 0.3) is 22.6 Å². The zero-order valence-corrected chi connectivity index (χ0v) is 17.9. The molecular weight excluding hydrogens is 392 g/mol. The van der Waals surface area contributed by atoms with Gasteiger partial charge in [-0.3, -0.25) is 4.79 Å². The van der Waals surface area contributed by atoms with Crippen molar-refractivity contribution in [1.82, 2.24) is 15.2 Å². The second kappa shape index (κ2) is 9.22. The third kappa shape index (κ3) is 4.72. The van der Waals surface area contributed by atoms with Gasteiger partial charge < -0.3 is 24.6 Å². The first-order chi connectivity index (χ1) is 15.0. The van der Waals surface area contributed by atoms with Crippen molar-refractivity contribution in [2.24, 2.45) is 0 Å². The first-order valence-corrected chi connectivity index (χ1v) is 10.6. The largest absolute Gasteiger partial charge is 0.507 e. The van der Waals surface area contributed by atoms with E-state index < -0.39 is 0 Å². The molecule has 7 heteroatoms. The summed E-state index contributed by atoms with van der Waals surface area (Å²) in [5.74, 6) is 1.61. The number of para-hydroxylation sites is 1. The van der Waals surface area contributed by atoms with E-state index in [2.05, 4.69) is 10.2 Å². The van der Waals surface area contributed by atoms with E-state index in [-0.39, 0.29) is 17.7 Å². The molecule has 0 aliphatic carbocycles. The molecule has 0 radical (unpaired) electrons. The lowest BCUT2D eigenvalue weighted by Crippen LogP contribution is -2.45. The van der Waals surface area contributed by atoms with E-state index in [1.165, 1.54) is 0 Å². The van der Waals surface area contributed by atoms with Crippen LogP contribution in [-0.4, -0.2) is 60.7 Å². The minimum Gasteiger partial charge on any atom is -0.507 e. The summed E-state index contributed by atoms with van der Waals surface area (Å²) < 4.78 is 5.62. The van der Waals surface area contributed by atoms with Crippen LogP contribution in [0.4, 0.5) is 5.82 Å². The fraction of sp³-hybridized carbons (Fsp3) is 0.333. The summed E-state index contributed by atoms with van der Waals surface area (Å²) in [5, 5.41) is 13.4. The minimum absolute atomic E-state index is 0.0219. The molecule has 4 rings (SSSR count). The molecule has 0 unspecified atom stereocenters. The molecule has 3 heterocycles. The van der Waals surface area contributed by atoms with E-state index in [1.807, 2.05) is 55.4 Å². The number of hydrogen-bond donors (Lipinski definition) is 2. The topological polar surface area (TPSA) is 81.8 Å². The Bertz CT molecular complexity index is 1030. The van der Waals surface area contributed by atoms with Crippen LogP contribution in [0.5, 0.6) is 5.75 Å². The molecule has 0 spiro atoms. The highest BCUT2D eigenvalue weighted by molar-refractivity contribution is 5.86. The number of nitrogens with zero attached hydrogens (tertiary/aromatic N) is 3. The van der Waals surface area contributed by atoms with Crippen LogP contribution in [0, 0.1) is 0 Å². The lowest BCUT2D eigenvalue weighted by Gasteiger charge is -2.26. The van der Waals surface area contributed by atoms with Crippen molar-refractivity contribution in [3.63, 3.8) is 0 Å². The Morgan fingerprint density at radius 1 is 1.26 bits per heavy atom. The maximum Gasteiger partial charge on any atom is 0.242 e. The summed E-state index contributed by atoms with van der Waals surface area (Å²) in [7, 11) is 3.97. The lowest BCUT2D eigenvalue weighted by atomic mass is 10.1. The number of nitrogens with one attached hydrogen (secondary N) is 1. The van der Waals surface area contributed by atoms with Crippen molar-refractivity contribution in [3.8, 4) is 28.3 Å². The molecule has 2 aromatic heterocycles. The number of furan rings is 1. The molecule has 0 saturated carbocycles. The van der Waals surface area contributed by atoms with E-state index >= 15 is 0 Å². The molecule has 1 aliphatic rings. The van der Waals surface area contributed by atoms with Crippen molar-refractivity contribution >= 4 is 11.7 Å². The van der Waals surface area contributed by atoms with Gasteiger partial charge in [-0.2, -0.15) is 0 Å². The van der Waals surface area contributed by atoms with E-state index in [0.717, 1.165) is 31.5 Å². The Labute approximate surface area is 182 Å². The predicted molar refractivity (Wildman–Crippen MR) is 121 cm³/mol. The van der Waals surface area contributed by atoms with Gasteiger partial charge in [0.25, 0.3) is 0 Å². The van der Waals surface area contributed by atoms with Gasteiger partial charge in [-0.1, -0.05) is 12.1 Å². The number of rotatable bonds is 7. The Kier molecular flexibility index (Phi) is 6.23. The van der Waals surface area contributed by atoms with E-state index in [1.54, 1.807) is 18.4 Å². The van der Waals surface area contributed by atoms with Crippen LogP contribution in [0.2, 0.25) is 0 Å². The van der Waals surface area contributed by atoms with Crippen LogP contribution >= 0.6 is 0 Å². The number of phenolic OH excluding ortho intramolecular Hbond substituents is 1. The summed E-state index contributed by atoms with van der Waals surface area (Å²) in [5.41, 5.74) is 2.14. The van der Waals surface area contributed by atoms with Crippen molar-refractivity contribution in [3.05, 3.63) is 54.8 Å². The number of benzene rings is 1. The normalized spacial score (nSPS) is 16.1. The molecule has 1 fully saturated rings. The number of pyridine rings is 1. The summed E-state index contributed by atoms with van der Waals surface area (Å²) in [6.07, 6.45) is 3.34. The third-order valence-electron chi connectivity index (χ3n) is 5.51. The fourth-order valence-electron chi connectivity index (χ4n) is 3.91. The monoisotopic (exact) mass is 420 g/mol. The Morgan fingerprint density at radius 2 is 2.10 bits per heavy atom. The van der Waals surface area contributed by atoms with Gasteiger partial charge in [0.2, 0.25) is 5.91 Å². The highest BCUT2D eigenvalue weighted by atomic mass is 16.3. The van der Waals surface area contributed by atoms with Gasteiger partial charge in [0.05, 0.1) is 12.0 Å². The van der Waals surface area contributed by atoms with Gasteiger partial charge in [0, 0.05) is 30.8 Å². The summed E-state index contributed by atoms with van der Waals surface area (Å²) in [4.78, 5) is 21.8. The highest BCUT2D eigenvalue weighted by Crippen LogP contribution is 2.35. The van der Waals surface area contributed by atoms with Crippen molar-refractivity contribution in [2.75, 3.05) is 38.6 Å². The van der Waals surface area contributed by atoms with E-state index in [4.69, 9.17) is 9.40 Å². The van der Waals surface area contributed by atoms with Gasteiger partial charge in [0.15, 0.2) is 0 Å². The molecule has 1 aliphatic heterocycles. The van der Waals surface area contributed by atoms with Crippen LogP contribution in [0.1, 0.15) is 12.8 Å². The average Bonchev–Trinajstić information content (AvgIpc) is 3.46. The molecule has 31 heavy (non-hydrogen) atoms. The summed E-state index contributed by atoms with van der Waals surface area (Å²) >= 11 is 0. The summed E-state index contributed by atoms with van der Waals surface area (Å²) in [6, 6.07) is 14.5. The number of anilines is 1. The molecule has 1 saturated heterocycles. The number of aromatic nitrogens is 1. The highest BCUT2D eigenvalue weighted by Gasteiger charge is 2.32. The smallest absolute Gasteiger partial charge is 0.242 e. The van der Waals surface area contributed by atoms with Crippen molar-refractivity contribution < 1.29 is 14.3 Å².